The highest BCUT2D eigenvalue weighted by Crippen LogP contribution is 2.37. The molecule has 1 aromatic carbocycles. The largest absolute Gasteiger partial charge is 0.443 e. The Hall–Kier alpha value is -1.69. The van der Waals surface area contributed by atoms with E-state index in [4.69, 9.17) is 18.9 Å². The molecule has 1 aromatic heterocycles. The quantitative estimate of drug-likeness (QED) is 0.573. The minimum atomic E-state index is 0.250. The Morgan fingerprint density at radius 2 is 2.00 bits per heavy atom. The molecule has 29 heavy (non-hydrogen) atoms. The van der Waals surface area contributed by atoms with E-state index in [0.717, 1.165) is 62.1 Å². The number of nitrogens with zero attached hydrogens (tertiary/aromatic N) is 2. The summed E-state index contributed by atoms with van der Waals surface area (Å²) >= 11 is 0. The van der Waals surface area contributed by atoms with Crippen LogP contribution in [0.2, 0.25) is 0 Å². The SMILES string of the molecule is CC(C)c1oc([C@H]2CCCN2CCOC[C@@H]2CCCCO2)nc1-c1ccccc1. The van der Waals surface area contributed by atoms with Gasteiger partial charge in [-0.15, -0.1) is 0 Å². The van der Waals surface area contributed by atoms with Crippen molar-refractivity contribution >= 4 is 0 Å². The molecule has 158 valence electrons. The van der Waals surface area contributed by atoms with Crippen LogP contribution >= 0.6 is 0 Å². The zero-order valence-corrected chi connectivity index (χ0v) is 17.8. The summed E-state index contributed by atoms with van der Waals surface area (Å²) in [5.41, 5.74) is 2.12. The first kappa shape index (κ1) is 20.6. The van der Waals surface area contributed by atoms with E-state index in [2.05, 4.69) is 43.0 Å². The van der Waals surface area contributed by atoms with Gasteiger partial charge in [-0.25, -0.2) is 4.98 Å². The third-order valence-electron chi connectivity index (χ3n) is 5.99. The standard InChI is InChI=1S/C24H34N2O3/c1-18(2)23-22(19-9-4-3-5-10-19)25-24(29-23)21-12-8-13-26(21)14-16-27-17-20-11-6-7-15-28-20/h3-5,9-10,18,20-21H,6-8,11-17H2,1-2H3/t20-,21+/m0/s1. The molecule has 4 rings (SSSR count). The van der Waals surface area contributed by atoms with Gasteiger partial charge < -0.3 is 13.9 Å². The van der Waals surface area contributed by atoms with Gasteiger partial charge in [0, 0.05) is 24.6 Å². The van der Waals surface area contributed by atoms with Gasteiger partial charge in [0.05, 0.1) is 25.4 Å². The Morgan fingerprint density at radius 3 is 2.76 bits per heavy atom. The lowest BCUT2D eigenvalue weighted by Crippen LogP contribution is -2.30. The maximum atomic E-state index is 6.33. The predicted octanol–water partition coefficient (Wildman–Crippen LogP) is 5.19. The number of oxazole rings is 1. The lowest BCUT2D eigenvalue weighted by atomic mass is 10.0. The molecule has 0 aliphatic carbocycles. The molecule has 2 aliphatic heterocycles. The molecule has 2 aliphatic rings. The maximum absolute atomic E-state index is 6.33. The molecule has 0 radical (unpaired) electrons. The number of hydrogen-bond donors (Lipinski definition) is 0. The topological polar surface area (TPSA) is 47.7 Å². The summed E-state index contributed by atoms with van der Waals surface area (Å²) in [7, 11) is 0. The van der Waals surface area contributed by atoms with Gasteiger partial charge in [0.1, 0.15) is 11.5 Å². The van der Waals surface area contributed by atoms with Crippen LogP contribution in [0.15, 0.2) is 34.7 Å². The van der Waals surface area contributed by atoms with Crippen molar-refractivity contribution in [1.29, 1.82) is 0 Å². The highest BCUT2D eigenvalue weighted by Gasteiger charge is 2.31. The smallest absolute Gasteiger partial charge is 0.212 e. The molecule has 0 unspecified atom stereocenters. The average molecular weight is 399 g/mol. The fourth-order valence-electron chi connectivity index (χ4n) is 4.39. The Balaban J connectivity index is 1.39. The minimum Gasteiger partial charge on any atom is -0.443 e. The Kier molecular flexibility index (Phi) is 7.01. The van der Waals surface area contributed by atoms with Gasteiger partial charge >= 0.3 is 0 Å². The molecule has 5 heteroatoms. The lowest BCUT2D eigenvalue weighted by molar-refractivity contribution is -0.0440. The minimum absolute atomic E-state index is 0.250. The summed E-state index contributed by atoms with van der Waals surface area (Å²) in [6, 6.07) is 10.6. The van der Waals surface area contributed by atoms with E-state index < -0.39 is 0 Å². The number of ether oxygens (including phenoxy) is 2. The van der Waals surface area contributed by atoms with Crippen LogP contribution in [0.1, 0.15) is 69.6 Å². The van der Waals surface area contributed by atoms with Crippen LogP contribution in [0.4, 0.5) is 0 Å². The van der Waals surface area contributed by atoms with E-state index in [0.29, 0.717) is 12.5 Å². The molecule has 5 nitrogen and oxygen atoms in total. The summed E-state index contributed by atoms with van der Waals surface area (Å²) in [6.07, 6.45) is 6.13. The first-order valence-electron chi connectivity index (χ1n) is 11.2. The van der Waals surface area contributed by atoms with Gasteiger partial charge in [-0.05, 0) is 38.6 Å². The average Bonchev–Trinajstić information content (AvgIpc) is 3.40. The summed E-state index contributed by atoms with van der Waals surface area (Å²) in [6.45, 7) is 8.67. The van der Waals surface area contributed by atoms with Crippen molar-refractivity contribution in [3.8, 4) is 11.3 Å². The molecule has 0 amide bonds. The van der Waals surface area contributed by atoms with Crippen LogP contribution in [0.25, 0.3) is 11.3 Å². The van der Waals surface area contributed by atoms with Crippen molar-refractivity contribution in [2.75, 3.05) is 32.9 Å². The molecule has 2 atom stereocenters. The van der Waals surface area contributed by atoms with Gasteiger partial charge in [-0.2, -0.15) is 0 Å². The molecular weight excluding hydrogens is 364 g/mol. The van der Waals surface area contributed by atoms with E-state index in [9.17, 15) is 0 Å². The monoisotopic (exact) mass is 398 g/mol. The van der Waals surface area contributed by atoms with Crippen LogP contribution in [0.5, 0.6) is 0 Å². The third kappa shape index (κ3) is 5.08. The number of rotatable bonds is 8. The van der Waals surface area contributed by atoms with Crippen molar-refractivity contribution in [3.05, 3.63) is 42.0 Å². The highest BCUT2D eigenvalue weighted by atomic mass is 16.5. The van der Waals surface area contributed by atoms with Crippen LogP contribution in [-0.4, -0.2) is 48.9 Å². The van der Waals surface area contributed by atoms with Gasteiger partial charge in [-0.3, -0.25) is 4.90 Å². The molecule has 0 bridgehead atoms. The number of aromatic nitrogens is 1. The Labute approximate surface area is 174 Å². The Bertz CT molecular complexity index is 753. The van der Waals surface area contributed by atoms with Gasteiger partial charge in [0.15, 0.2) is 0 Å². The van der Waals surface area contributed by atoms with E-state index in [1.807, 2.05) is 6.07 Å². The molecule has 0 N–H and O–H groups in total. The fourth-order valence-corrected chi connectivity index (χ4v) is 4.39. The van der Waals surface area contributed by atoms with Crippen molar-refractivity contribution in [3.63, 3.8) is 0 Å². The first-order valence-corrected chi connectivity index (χ1v) is 11.2. The third-order valence-corrected chi connectivity index (χ3v) is 5.99. The molecule has 2 aromatic rings. The second-order valence-corrected chi connectivity index (χ2v) is 8.54. The molecule has 2 fully saturated rings. The van der Waals surface area contributed by atoms with Crippen molar-refractivity contribution in [2.24, 2.45) is 0 Å². The molecular formula is C24H34N2O3. The van der Waals surface area contributed by atoms with Crippen molar-refractivity contribution in [2.45, 2.75) is 64.0 Å². The summed E-state index contributed by atoms with van der Waals surface area (Å²) < 4.78 is 18.0. The van der Waals surface area contributed by atoms with E-state index in [1.165, 1.54) is 19.3 Å². The first-order chi connectivity index (χ1) is 14.2. The lowest BCUT2D eigenvalue weighted by Gasteiger charge is -2.24. The maximum Gasteiger partial charge on any atom is 0.212 e. The molecule has 0 spiro atoms. The normalized spacial score (nSPS) is 23.1. The highest BCUT2D eigenvalue weighted by molar-refractivity contribution is 5.61. The number of likely N-dealkylation sites (tertiary alicyclic amines) is 1. The summed E-state index contributed by atoms with van der Waals surface area (Å²) in [5.74, 6) is 2.16. The summed E-state index contributed by atoms with van der Waals surface area (Å²) in [5, 5.41) is 0. The zero-order valence-electron chi connectivity index (χ0n) is 17.8. The van der Waals surface area contributed by atoms with Crippen LogP contribution < -0.4 is 0 Å². The molecule has 2 saturated heterocycles. The Morgan fingerprint density at radius 1 is 1.14 bits per heavy atom. The van der Waals surface area contributed by atoms with Crippen LogP contribution in [-0.2, 0) is 9.47 Å². The summed E-state index contributed by atoms with van der Waals surface area (Å²) in [4.78, 5) is 7.43. The van der Waals surface area contributed by atoms with E-state index in [1.54, 1.807) is 0 Å². The number of hydrogen-bond acceptors (Lipinski definition) is 5. The molecule has 3 heterocycles. The molecule has 0 saturated carbocycles. The van der Waals surface area contributed by atoms with Gasteiger partial charge in [-0.1, -0.05) is 44.2 Å². The van der Waals surface area contributed by atoms with E-state index in [-0.39, 0.29) is 12.1 Å². The van der Waals surface area contributed by atoms with Gasteiger partial charge in [0.2, 0.25) is 5.89 Å². The van der Waals surface area contributed by atoms with Crippen molar-refractivity contribution in [1.82, 2.24) is 9.88 Å². The predicted molar refractivity (Wildman–Crippen MR) is 114 cm³/mol. The number of benzene rings is 1. The van der Waals surface area contributed by atoms with Crippen LogP contribution in [0, 0.1) is 0 Å². The van der Waals surface area contributed by atoms with Crippen LogP contribution in [0.3, 0.4) is 0 Å². The second-order valence-electron chi connectivity index (χ2n) is 8.54. The van der Waals surface area contributed by atoms with E-state index >= 15 is 0 Å². The fraction of sp³-hybridized carbons (Fsp3) is 0.625. The second kappa shape index (κ2) is 9.88. The zero-order chi connectivity index (χ0) is 20.1. The van der Waals surface area contributed by atoms with Crippen molar-refractivity contribution < 1.29 is 13.9 Å². The van der Waals surface area contributed by atoms with Gasteiger partial charge in [0.25, 0.3) is 0 Å².